The second kappa shape index (κ2) is 6.55. The number of anilines is 1. The standard InChI is InChI=1S/C15H23ClN2O2/c1-10(2)18-6-5-11(9-18)17-13-7-12(16)14(19-3)8-15(13)20-4/h7-8,10-11,17H,5-6,9H2,1-4H3. The Bertz CT molecular complexity index is 465. The number of nitrogens with zero attached hydrogens (tertiary/aromatic N) is 1. The molecule has 1 saturated heterocycles. The van der Waals surface area contributed by atoms with Crippen molar-refractivity contribution in [1.82, 2.24) is 4.90 Å². The van der Waals surface area contributed by atoms with Gasteiger partial charge in [-0.1, -0.05) is 11.6 Å². The van der Waals surface area contributed by atoms with E-state index in [2.05, 4.69) is 24.1 Å². The van der Waals surface area contributed by atoms with Crippen LogP contribution in [-0.4, -0.2) is 44.3 Å². The first-order valence-electron chi connectivity index (χ1n) is 6.97. The highest BCUT2D eigenvalue weighted by Crippen LogP contribution is 2.36. The van der Waals surface area contributed by atoms with E-state index in [1.807, 2.05) is 12.1 Å². The lowest BCUT2D eigenvalue weighted by molar-refractivity contribution is 0.274. The zero-order chi connectivity index (χ0) is 14.7. The summed E-state index contributed by atoms with van der Waals surface area (Å²) in [6, 6.07) is 4.70. The normalized spacial score (nSPS) is 19.4. The summed E-state index contributed by atoms with van der Waals surface area (Å²) in [6.07, 6.45) is 1.13. The third kappa shape index (κ3) is 3.30. The van der Waals surface area contributed by atoms with Crippen LogP contribution in [0.2, 0.25) is 5.02 Å². The molecule has 1 unspecified atom stereocenters. The van der Waals surface area contributed by atoms with Crippen LogP contribution < -0.4 is 14.8 Å². The molecule has 5 heteroatoms. The minimum absolute atomic E-state index is 0.427. The maximum Gasteiger partial charge on any atom is 0.145 e. The third-order valence-corrected chi connectivity index (χ3v) is 4.08. The summed E-state index contributed by atoms with van der Waals surface area (Å²) < 4.78 is 10.6. The van der Waals surface area contributed by atoms with Crippen LogP contribution in [0.5, 0.6) is 11.5 Å². The molecule has 1 atom stereocenters. The maximum absolute atomic E-state index is 6.19. The van der Waals surface area contributed by atoms with Crippen LogP contribution in [0, 0.1) is 0 Å². The molecule has 1 aliphatic rings. The second-order valence-corrected chi connectivity index (χ2v) is 5.81. The Kier molecular flexibility index (Phi) is 5.00. The predicted octanol–water partition coefficient (Wildman–Crippen LogP) is 3.25. The van der Waals surface area contributed by atoms with Crippen LogP contribution in [0.25, 0.3) is 0 Å². The van der Waals surface area contributed by atoms with E-state index in [0.29, 0.717) is 22.9 Å². The minimum Gasteiger partial charge on any atom is -0.495 e. The van der Waals surface area contributed by atoms with E-state index >= 15 is 0 Å². The Morgan fingerprint density at radius 1 is 1.25 bits per heavy atom. The van der Waals surface area contributed by atoms with E-state index in [1.54, 1.807) is 14.2 Å². The molecule has 112 valence electrons. The van der Waals surface area contributed by atoms with Gasteiger partial charge in [-0.3, -0.25) is 4.90 Å². The SMILES string of the molecule is COc1cc(OC)c(NC2CCN(C(C)C)C2)cc1Cl. The molecule has 1 N–H and O–H groups in total. The molecule has 1 aromatic carbocycles. The highest BCUT2D eigenvalue weighted by molar-refractivity contribution is 6.32. The lowest BCUT2D eigenvalue weighted by Gasteiger charge is -2.21. The highest BCUT2D eigenvalue weighted by Gasteiger charge is 2.25. The van der Waals surface area contributed by atoms with Crippen molar-refractivity contribution in [3.8, 4) is 11.5 Å². The molecule has 0 bridgehead atoms. The molecule has 1 fully saturated rings. The molecule has 0 amide bonds. The smallest absolute Gasteiger partial charge is 0.145 e. The number of halogens is 1. The number of rotatable bonds is 5. The molecule has 0 radical (unpaired) electrons. The summed E-state index contributed by atoms with van der Waals surface area (Å²) in [6.45, 7) is 6.63. The number of ether oxygens (including phenoxy) is 2. The number of likely N-dealkylation sites (tertiary alicyclic amines) is 1. The molecule has 4 nitrogen and oxygen atoms in total. The molecular weight excluding hydrogens is 276 g/mol. The third-order valence-electron chi connectivity index (χ3n) is 3.78. The molecule has 0 saturated carbocycles. The lowest BCUT2D eigenvalue weighted by atomic mass is 10.2. The van der Waals surface area contributed by atoms with E-state index < -0.39 is 0 Å². The van der Waals surface area contributed by atoms with Crippen LogP contribution in [0.4, 0.5) is 5.69 Å². The van der Waals surface area contributed by atoms with Crippen molar-refractivity contribution in [3.63, 3.8) is 0 Å². The molecule has 2 rings (SSSR count). The summed E-state index contributed by atoms with van der Waals surface area (Å²) >= 11 is 6.19. The Balaban J connectivity index is 2.11. The fourth-order valence-corrected chi connectivity index (χ4v) is 2.81. The van der Waals surface area contributed by atoms with Gasteiger partial charge in [-0.25, -0.2) is 0 Å². The molecule has 1 aromatic rings. The quantitative estimate of drug-likeness (QED) is 0.905. The lowest BCUT2D eigenvalue weighted by Crippen LogP contribution is -2.31. The number of nitrogens with one attached hydrogen (secondary N) is 1. The molecule has 0 aliphatic carbocycles. The molecular formula is C15H23ClN2O2. The molecule has 20 heavy (non-hydrogen) atoms. The topological polar surface area (TPSA) is 33.7 Å². The van der Waals surface area contributed by atoms with Crippen molar-refractivity contribution in [2.45, 2.75) is 32.4 Å². The van der Waals surface area contributed by atoms with Gasteiger partial charge in [-0.05, 0) is 26.3 Å². The van der Waals surface area contributed by atoms with Gasteiger partial charge in [0, 0.05) is 31.2 Å². The first-order chi connectivity index (χ1) is 9.55. The van der Waals surface area contributed by atoms with Gasteiger partial charge >= 0.3 is 0 Å². The van der Waals surface area contributed by atoms with Crippen molar-refractivity contribution in [2.75, 3.05) is 32.6 Å². The van der Waals surface area contributed by atoms with Crippen molar-refractivity contribution >= 4 is 17.3 Å². The zero-order valence-electron chi connectivity index (χ0n) is 12.6. The molecule has 1 heterocycles. The van der Waals surface area contributed by atoms with Crippen molar-refractivity contribution in [1.29, 1.82) is 0 Å². The van der Waals surface area contributed by atoms with Gasteiger partial charge in [0.2, 0.25) is 0 Å². The van der Waals surface area contributed by atoms with Crippen LogP contribution in [0.3, 0.4) is 0 Å². The monoisotopic (exact) mass is 298 g/mol. The van der Waals surface area contributed by atoms with E-state index in [0.717, 1.165) is 30.9 Å². The highest BCUT2D eigenvalue weighted by atomic mass is 35.5. The van der Waals surface area contributed by atoms with Gasteiger partial charge in [0.25, 0.3) is 0 Å². The van der Waals surface area contributed by atoms with Crippen molar-refractivity contribution in [2.24, 2.45) is 0 Å². The van der Waals surface area contributed by atoms with E-state index in [-0.39, 0.29) is 0 Å². The molecule has 0 spiro atoms. The predicted molar refractivity (Wildman–Crippen MR) is 83.3 cm³/mol. The van der Waals surface area contributed by atoms with Crippen molar-refractivity contribution in [3.05, 3.63) is 17.2 Å². The summed E-state index contributed by atoms with van der Waals surface area (Å²) in [7, 11) is 3.26. The summed E-state index contributed by atoms with van der Waals surface area (Å²) in [5, 5.41) is 4.12. The van der Waals surface area contributed by atoms with Crippen LogP contribution in [0.15, 0.2) is 12.1 Å². The molecule has 0 aromatic heterocycles. The fourth-order valence-electron chi connectivity index (χ4n) is 2.57. The van der Waals surface area contributed by atoms with E-state index in [9.17, 15) is 0 Å². The van der Waals surface area contributed by atoms with Gasteiger partial charge < -0.3 is 14.8 Å². The summed E-state index contributed by atoms with van der Waals surface area (Å²) in [5.41, 5.74) is 0.925. The zero-order valence-corrected chi connectivity index (χ0v) is 13.3. The van der Waals surface area contributed by atoms with E-state index in [1.165, 1.54) is 0 Å². The van der Waals surface area contributed by atoms with Gasteiger partial charge in [-0.15, -0.1) is 0 Å². The summed E-state index contributed by atoms with van der Waals surface area (Å²) in [4.78, 5) is 2.47. The van der Waals surface area contributed by atoms with Crippen LogP contribution >= 0.6 is 11.6 Å². The summed E-state index contributed by atoms with van der Waals surface area (Å²) in [5.74, 6) is 1.39. The van der Waals surface area contributed by atoms with E-state index in [4.69, 9.17) is 21.1 Å². The Morgan fingerprint density at radius 3 is 2.50 bits per heavy atom. The first kappa shape index (κ1) is 15.3. The first-order valence-corrected chi connectivity index (χ1v) is 7.35. The van der Waals surface area contributed by atoms with Gasteiger partial charge in [0.1, 0.15) is 11.5 Å². The minimum atomic E-state index is 0.427. The average molecular weight is 299 g/mol. The van der Waals surface area contributed by atoms with Crippen molar-refractivity contribution < 1.29 is 9.47 Å². The van der Waals surface area contributed by atoms with Crippen LogP contribution in [-0.2, 0) is 0 Å². The Morgan fingerprint density at radius 2 is 1.95 bits per heavy atom. The Hall–Kier alpha value is -1.13. The van der Waals surface area contributed by atoms with Crippen LogP contribution in [0.1, 0.15) is 20.3 Å². The van der Waals surface area contributed by atoms with Gasteiger partial charge in [0.05, 0.1) is 24.9 Å². The van der Waals surface area contributed by atoms with Gasteiger partial charge in [0.15, 0.2) is 0 Å². The maximum atomic E-state index is 6.19. The number of hydrogen-bond acceptors (Lipinski definition) is 4. The number of benzene rings is 1. The molecule has 1 aliphatic heterocycles. The fraction of sp³-hybridized carbons (Fsp3) is 0.600. The number of methoxy groups -OCH3 is 2. The largest absolute Gasteiger partial charge is 0.495 e. The number of hydrogen-bond donors (Lipinski definition) is 1. The second-order valence-electron chi connectivity index (χ2n) is 5.41. The Labute approximate surface area is 126 Å². The average Bonchev–Trinajstić information content (AvgIpc) is 2.88. The van der Waals surface area contributed by atoms with Gasteiger partial charge in [-0.2, -0.15) is 0 Å².